The van der Waals surface area contributed by atoms with Gasteiger partial charge in [-0.05, 0) is 95.6 Å². The fraction of sp³-hybridized carbons (Fsp3) is 0.192. The highest BCUT2D eigenvalue weighted by Gasteiger charge is 2.21. The van der Waals surface area contributed by atoms with E-state index in [9.17, 15) is 0 Å². The summed E-state index contributed by atoms with van der Waals surface area (Å²) in [7, 11) is 0. The van der Waals surface area contributed by atoms with E-state index in [1.54, 1.807) is 6.33 Å². The molecule has 0 aliphatic carbocycles. The number of ether oxygens (including phenoxy) is 1. The lowest BCUT2D eigenvalue weighted by Crippen LogP contribution is -2.26. The molecule has 0 amide bonds. The Morgan fingerprint density at radius 1 is 0.970 bits per heavy atom. The van der Waals surface area contributed by atoms with E-state index in [-0.39, 0.29) is 0 Å². The van der Waals surface area contributed by atoms with Crippen LogP contribution in [0.2, 0.25) is 0 Å². The Morgan fingerprint density at radius 3 is 2.76 bits per heavy atom. The monoisotopic (exact) mass is 547 g/mol. The van der Waals surface area contributed by atoms with Crippen LogP contribution in [-0.2, 0) is 6.54 Å². The highest BCUT2D eigenvalue weighted by atomic mass is 127. The highest BCUT2D eigenvalue weighted by Crippen LogP contribution is 2.35. The summed E-state index contributed by atoms with van der Waals surface area (Å²) in [6.07, 6.45) is 1.65. The molecule has 2 aromatic heterocycles. The summed E-state index contributed by atoms with van der Waals surface area (Å²) >= 11 is 2.34. The minimum absolute atomic E-state index is 0.613. The lowest BCUT2D eigenvalue weighted by molar-refractivity contribution is 0.329. The lowest BCUT2D eigenvalue weighted by atomic mass is 9.98. The van der Waals surface area contributed by atoms with Crippen LogP contribution >= 0.6 is 22.6 Å². The number of hydrogen-bond acceptors (Lipinski definition) is 5. The van der Waals surface area contributed by atoms with Crippen molar-refractivity contribution in [2.45, 2.75) is 20.4 Å². The second-order valence-electron chi connectivity index (χ2n) is 8.46. The summed E-state index contributed by atoms with van der Waals surface area (Å²) < 4.78 is 7.40. The van der Waals surface area contributed by atoms with Crippen molar-refractivity contribution in [3.63, 3.8) is 0 Å². The summed E-state index contributed by atoms with van der Waals surface area (Å²) in [6, 6.07) is 17.1. The van der Waals surface area contributed by atoms with Gasteiger partial charge in [0.15, 0.2) is 0 Å². The molecule has 1 N–H and O–H groups in total. The number of fused-ring (bicyclic) bond motifs is 3. The number of aromatic amines is 1. The summed E-state index contributed by atoms with van der Waals surface area (Å²) in [5.74, 6) is 2.86. The third kappa shape index (κ3) is 3.70. The SMILES string of the molecule is Cc1nc2ccc(-c3cc(C)c4c(c3)CN(c3ncnc5ccc(I)cc35)CCO4)cc2[nH]1. The van der Waals surface area contributed by atoms with E-state index in [2.05, 4.69) is 103 Å². The van der Waals surface area contributed by atoms with Gasteiger partial charge < -0.3 is 14.6 Å². The largest absolute Gasteiger partial charge is 0.491 e. The van der Waals surface area contributed by atoms with Gasteiger partial charge >= 0.3 is 0 Å². The van der Waals surface area contributed by atoms with Gasteiger partial charge in [0.25, 0.3) is 0 Å². The molecule has 0 saturated heterocycles. The number of hydrogen-bond donors (Lipinski definition) is 1. The van der Waals surface area contributed by atoms with E-state index in [0.717, 1.165) is 63.5 Å². The topological polar surface area (TPSA) is 66.9 Å². The number of anilines is 1. The average molecular weight is 547 g/mol. The molecule has 6 rings (SSSR count). The lowest BCUT2D eigenvalue weighted by Gasteiger charge is -2.22. The van der Waals surface area contributed by atoms with Gasteiger partial charge in [-0.15, -0.1) is 0 Å². The third-order valence-electron chi connectivity index (χ3n) is 6.13. The number of H-pyrrole nitrogens is 1. The van der Waals surface area contributed by atoms with Gasteiger partial charge in [0.05, 0.1) is 23.1 Å². The first-order valence-electron chi connectivity index (χ1n) is 10.9. The van der Waals surface area contributed by atoms with E-state index in [4.69, 9.17) is 4.74 Å². The Hall–Kier alpha value is -3.20. The van der Waals surface area contributed by atoms with Crippen LogP contribution in [0.15, 0.2) is 54.9 Å². The van der Waals surface area contributed by atoms with Crippen molar-refractivity contribution in [2.75, 3.05) is 18.1 Å². The van der Waals surface area contributed by atoms with Gasteiger partial charge in [-0.25, -0.2) is 15.0 Å². The van der Waals surface area contributed by atoms with Crippen molar-refractivity contribution < 1.29 is 4.74 Å². The molecule has 1 aliphatic rings. The van der Waals surface area contributed by atoms with Crippen LogP contribution in [0.25, 0.3) is 33.1 Å². The highest BCUT2D eigenvalue weighted by molar-refractivity contribution is 14.1. The van der Waals surface area contributed by atoms with Crippen LogP contribution in [0.3, 0.4) is 0 Å². The number of imidazole rings is 1. The Bertz CT molecular complexity index is 1530. The maximum absolute atomic E-state index is 6.23. The Kier molecular flexibility index (Phi) is 4.94. The normalized spacial score (nSPS) is 13.7. The number of nitrogens with one attached hydrogen (secondary N) is 1. The molecule has 7 heteroatoms. The van der Waals surface area contributed by atoms with E-state index < -0.39 is 0 Å². The maximum atomic E-state index is 6.23. The predicted octanol–water partition coefficient (Wildman–Crippen LogP) is 5.79. The van der Waals surface area contributed by atoms with E-state index >= 15 is 0 Å². The van der Waals surface area contributed by atoms with E-state index in [1.807, 2.05) is 6.92 Å². The zero-order valence-corrected chi connectivity index (χ0v) is 20.6. The van der Waals surface area contributed by atoms with Gasteiger partial charge in [-0.1, -0.05) is 6.07 Å². The minimum atomic E-state index is 0.613. The number of aryl methyl sites for hydroxylation is 2. The van der Waals surface area contributed by atoms with Crippen molar-refractivity contribution in [1.82, 2.24) is 19.9 Å². The average Bonchev–Trinajstić information content (AvgIpc) is 3.04. The third-order valence-corrected chi connectivity index (χ3v) is 6.80. The van der Waals surface area contributed by atoms with Crippen LogP contribution < -0.4 is 9.64 Å². The second-order valence-corrected chi connectivity index (χ2v) is 9.71. The van der Waals surface area contributed by atoms with Crippen LogP contribution in [0.4, 0.5) is 5.82 Å². The molecule has 0 unspecified atom stereocenters. The van der Waals surface area contributed by atoms with Gasteiger partial charge in [-0.3, -0.25) is 0 Å². The van der Waals surface area contributed by atoms with Gasteiger partial charge in [0, 0.05) is 21.1 Å². The van der Waals surface area contributed by atoms with Crippen LogP contribution in [0, 0.1) is 17.4 Å². The fourth-order valence-electron chi connectivity index (χ4n) is 4.64. The fourth-order valence-corrected chi connectivity index (χ4v) is 5.14. The quantitative estimate of drug-likeness (QED) is 0.284. The van der Waals surface area contributed by atoms with Crippen molar-refractivity contribution in [2.24, 2.45) is 0 Å². The molecule has 3 aromatic carbocycles. The molecule has 164 valence electrons. The summed E-state index contributed by atoms with van der Waals surface area (Å²) in [6.45, 7) is 6.21. The first kappa shape index (κ1) is 20.4. The second kappa shape index (κ2) is 7.98. The molecule has 0 radical (unpaired) electrons. The van der Waals surface area contributed by atoms with Crippen LogP contribution in [0.5, 0.6) is 5.75 Å². The standard InChI is InChI=1S/C26H22IN5O/c1-15-9-18(17-3-5-23-24(11-17)31-16(2)30-23)10-19-13-32(7-8-33-25(15)19)26-21-12-20(27)4-6-22(21)28-14-29-26/h3-6,9-12,14H,7-8,13H2,1-2H3,(H,30,31). The number of halogens is 1. The Labute approximate surface area is 205 Å². The molecule has 0 saturated carbocycles. The molecule has 1 aliphatic heterocycles. The van der Waals surface area contributed by atoms with Crippen molar-refractivity contribution in [3.05, 3.63) is 75.4 Å². The van der Waals surface area contributed by atoms with Crippen molar-refractivity contribution in [1.29, 1.82) is 0 Å². The number of nitrogens with zero attached hydrogens (tertiary/aromatic N) is 4. The molecular weight excluding hydrogens is 525 g/mol. The molecule has 3 heterocycles. The molecule has 6 nitrogen and oxygen atoms in total. The summed E-state index contributed by atoms with van der Waals surface area (Å²) in [5, 5.41) is 1.07. The molecule has 0 fully saturated rings. The molecule has 33 heavy (non-hydrogen) atoms. The maximum Gasteiger partial charge on any atom is 0.140 e. The van der Waals surface area contributed by atoms with Crippen molar-refractivity contribution >= 4 is 50.3 Å². The van der Waals surface area contributed by atoms with Gasteiger partial charge in [-0.2, -0.15) is 0 Å². The number of rotatable bonds is 2. The minimum Gasteiger partial charge on any atom is -0.491 e. The molecule has 0 bridgehead atoms. The van der Waals surface area contributed by atoms with Crippen LogP contribution in [0.1, 0.15) is 17.0 Å². The van der Waals surface area contributed by atoms with Crippen LogP contribution in [-0.4, -0.2) is 33.1 Å². The van der Waals surface area contributed by atoms with Crippen molar-refractivity contribution in [3.8, 4) is 16.9 Å². The summed E-state index contributed by atoms with van der Waals surface area (Å²) in [5.41, 5.74) is 7.65. The van der Waals surface area contributed by atoms with Gasteiger partial charge in [0.2, 0.25) is 0 Å². The first-order chi connectivity index (χ1) is 16.0. The van der Waals surface area contributed by atoms with Gasteiger partial charge in [0.1, 0.15) is 30.3 Å². The zero-order valence-electron chi connectivity index (χ0n) is 18.4. The van der Waals surface area contributed by atoms with E-state index in [0.29, 0.717) is 6.61 Å². The molecule has 0 spiro atoms. The zero-order chi connectivity index (χ0) is 22.5. The summed E-state index contributed by atoms with van der Waals surface area (Å²) in [4.78, 5) is 19.3. The Balaban J connectivity index is 1.43. The number of benzene rings is 3. The first-order valence-corrected chi connectivity index (χ1v) is 12.0. The van der Waals surface area contributed by atoms with E-state index in [1.165, 1.54) is 14.7 Å². The smallest absolute Gasteiger partial charge is 0.140 e. The predicted molar refractivity (Wildman–Crippen MR) is 140 cm³/mol. The molecular formula is C26H22IN5O. The number of aromatic nitrogens is 4. The molecule has 5 aromatic rings. The molecule has 0 atom stereocenters. The Morgan fingerprint density at radius 2 is 1.85 bits per heavy atom.